The second kappa shape index (κ2) is 8.96. The monoisotopic (exact) mass is 449 g/mol. The van der Waals surface area contributed by atoms with Crippen molar-refractivity contribution in [1.29, 1.82) is 0 Å². The van der Waals surface area contributed by atoms with Crippen LogP contribution in [0.15, 0.2) is 29.4 Å². The molecule has 2 heterocycles. The van der Waals surface area contributed by atoms with E-state index < -0.39 is 33.9 Å². The van der Waals surface area contributed by atoms with Crippen LogP contribution in [0.2, 0.25) is 0 Å². The van der Waals surface area contributed by atoms with Gasteiger partial charge in [0, 0.05) is 24.1 Å². The van der Waals surface area contributed by atoms with Gasteiger partial charge in [-0.25, -0.2) is 18.2 Å². The Morgan fingerprint density at radius 1 is 1.26 bits per heavy atom. The molecule has 2 atom stereocenters. The van der Waals surface area contributed by atoms with E-state index in [1.54, 1.807) is 18.2 Å². The summed E-state index contributed by atoms with van der Waals surface area (Å²) in [6, 6.07) is 5.75. The van der Waals surface area contributed by atoms with Gasteiger partial charge in [0.2, 0.25) is 5.91 Å². The van der Waals surface area contributed by atoms with Gasteiger partial charge in [-0.05, 0) is 32.4 Å². The van der Waals surface area contributed by atoms with E-state index in [1.165, 1.54) is 19.9 Å². The van der Waals surface area contributed by atoms with E-state index in [0.717, 1.165) is 5.01 Å². The summed E-state index contributed by atoms with van der Waals surface area (Å²) in [6.07, 6.45) is -0.849. The highest BCUT2D eigenvalue weighted by atomic mass is 32.2. The van der Waals surface area contributed by atoms with Crippen molar-refractivity contribution in [2.75, 3.05) is 16.8 Å². The number of carbonyl (C=O) groups is 4. The molecule has 1 fully saturated rings. The van der Waals surface area contributed by atoms with Crippen LogP contribution in [0, 0.1) is 0 Å². The van der Waals surface area contributed by atoms with E-state index in [-0.39, 0.29) is 48.2 Å². The van der Waals surface area contributed by atoms with Crippen molar-refractivity contribution in [3.8, 4) is 0 Å². The zero-order chi connectivity index (χ0) is 22.8. The van der Waals surface area contributed by atoms with Crippen LogP contribution < -0.4 is 5.32 Å². The van der Waals surface area contributed by atoms with Crippen LogP contribution in [0.1, 0.15) is 43.5 Å². The molecule has 0 unspecified atom stereocenters. The molecule has 0 aromatic heterocycles. The second-order valence-electron chi connectivity index (χ2n) is 7.52. The van der Waals surface area contributed by atoms with E-state index in [2.05, 4.69) is 10.4 Å². The van der Waals surface area contributed by atoms with Gasteiger partial charge < -0.3 is 10.1 Å². The molecule has 1 saturated heterocycles. The van der Waals surface area contributed by atoms with E-state index >= 15 is 0 Å². The molecule has 0 spiro atoms. The number of esters is 1. The Labute approximate surface area is 179 Å². The number of hydrogen-bond donors (Lipinski definition) is 1. The summed E-state index contributed by atoms with van der Waals surface area (Å²) in [5.74, 6) is -2.17. The van der Waals surface area contributed by atoms with Crippen molar-refractivity contribution >= 4 is 44.8 Å². The molecular weight excluding hydrogens is 426 g/mol. The highest BCUT2D eigenvalue weighted by Gasteiger charge is 2.37. The maximum atomic E-state index is 12.5. The Kier molecular flexibility index (Phi) is 6.54. The Bertz CT molecular complexity index is 1060. The zero-order valence-corrected chi connectivity index (χ0v) is 18.0. The van der Waals surface area contributed by atoms with Gasteiger partial charge in [0.25, 0.3) is 5.91 Å². The number of carbonyl (C=O) groups excluding carboxylic acids is 4. The molecule has 0 bridgehead atoms. The normalized spacial score (nSPS) is 21.2. The number of ketones is 1. The van der Waals surface area contributed by atoms with Crippen LogP contribution in [0.4, 0.5) is 5.69 Å². The maximum absolute atomic E-state index is 12.5. The standard InChI is InChI=1S/C20H23N3O7S/c1-12(24)14-4-3-5-15(10-14)21-19(26)13(2)30-20(27)17-6-7-18(25)23(22-17)16-8-9-31(28,29)11-16/h3-5,10,13,16H,6-9,11H2,1-2H3,(H,21,26)/t13-,16-/m1/s1. The highest BCUT2D eigenvalue weighted by molar-refractivity contribution is 7.91. The third-order valence-electron chi connectivity index (χ3n) is 5.04. The number of hydrazone groups is 1. The average molecular weight is 449 g/mol. The first kappa shape index (κ1) is 22.6. The molecule has 10 nitrogen and oxygen atoms in total. The lowest BCUT2D eigenvalue weighted by atomic mass is 10.1. The summed E-state index contributed by atoms with van der Waals surface area (Å²) in [6.45, 7) is 2.79. The predicted molar refractivity (Wildman–Crippen MR) is 111 cm³/mol. The SMILES string of the molecule is CC(=O)c1cccc(NC(=O)[C@@H](C)OC(=O)C2=NN([C@@H]3CCS(=O)(=O)C3)C(=O)CC2)c1. The molecule has 11 heteroatoms. The minimum atomic E-state index is -3.23. The minimum Gasteiger partial charge on any atom is -0.448 e. The van der Waals surface area contributed by atoms with E-state index in [1.807, 2.05) is 0 Å². The van der Waals surface area contributed by atoms with Gasteiger partial charge in [-0.3, -0.25) is 14.4 Å². The van der Waals surface area contributed by atoms with Crippen molar-refractivity contribution in [1.82, 2.24) is 5.01 Å². The summed E-state index contributed by atoms with van der Waals surface area (Å²) in [7, 11) is -3.23. The fourth-order valence-electron chi connectivity index (χ4n) is 3.31. The van der Waals surface area contributed by atoms with Crippen LogP contribution >= 0.6 is 0 Å². The number of sulfone groups is 1. The van der Waals surface area contributed by atoms with Gasteiger partial charge in [0.05, 0.1) is 17.5 Å². The minimum absolute atomic E-state index is 0.00287. The van der Waals surface area contributed by atoms with Gasteiger partial charge in [-0.2, -0.15) is 5.10 Å². The molecule has 0 radical (unpaired) electrons. The topological polar surface area (TPSA) is 139 Å². The number of rotatable bonds is 6. The van der Waals surface area contributed by atoms with Crippen molar-refractivity contribution < 1.29 is 32.3 Å². The predicted octanol–water partition coefficient (Wildman–Crippen LogP) is 0.925. The fourth-order valence-corrected chi connectivity index (χ4v) is 5.01. The molecule has 0 saturated carbocycles. The highest BCUT2D eigenvalue weighted by Crippen LogP contribution is 2.22. The quantitative estimate of drug-likeness (QED) is 0.503. The van der Waals surface area contributed by atoms with Gasteiger partial charge in [-0.1, -0.05) is 12.1 Å². The first-order chi connectivity index (χ1) is 14.6. The third-order valence-corrected chi connectivity index (χ3v) is 6.79. The number of hydrogen-bond acceptors (Lipinski definition) is 8. The Morgan fingerprint density at radius 2 is 2.00 bits per heavy atom. The first-order valence-corrected chi connectivity index (χ1v) is 11.6. The van der Waals surface area contributed by atoms with Crippen LogP contribution in [-0.4, -0.2) is 66.4 Å². The number of nitrogens with one attached hydrogen (secondary N) is 1. The van der Waals surface area contributed by atoms with E-state index in [4.69, 9.17) is 4.74 Å². The lowest BCUT2D eigenvalue weighted by Crippen LogP contribution is -2.42. The van der Waals surface area contributed by atoms with Crippen molar-refractivity contribution in [2.24, 2.45) is 5.10 Å². The molecule has 1 N–H and O–H groups in total. The van der Waals surface area contributed by atoms with Gasteiger partial charge in [0.15, 0.2) is 21.7 Å². The van der Waals surface area contributed by atoms with Crippen molar-refractivity contribution in [3.05, 3.63) is 29.8 Å². The summed E-state index contributed by atoms with van der Waals surface area (Å²) >= 11 is 0. The number of nitrogens with zero attached hydrogens (tertiary/aromatic N) is 2. The third kappa shape index (κ3) is 5.54. The molecule has 1 aromatic carbocycles. The van der Waals surface area contributed by atoms with Gasteiger partial charge in [-0.15, -0.1) is 0 Å². The number of Topliss-reactive ketones (excluding diaryl/α,β-unsaturated/α-hetero) is 1. The van der Waals surface area contributed by atoms with Gasteiger partial charge in [0.1, 0.15) is 5.71 Å². The molecule has 31 heavy (non-hydrogen) atoms. The first-order valence-electron chi connectivity index (χ1n) is 9.78. The summed E-state index contributed by atoms with van der Waals surface area (Å²) in [5.41, 5.74) is 0.773. The fraction of sp³-hybridized carbons (Fsp3) is 0.450. The maximum Gasteiger partial charge on any atom is 0.355 e. The largest absolute Gasteiger partial charge is 0.448 e. The molecule has 3 rings (SSSR count). The summed E-state index contributed by atoms with van der Waals surface area (Å²) in [4.78, 5) is 48.4. The Hall–Kier alpha value is -3.08. The molecule has 166 valence electrons. The average Bonchev–Trinajstić information content (AvgIpc) is 3.07. The number of amides is 2. The van der Waals surface area contributed by atoms with Crippen molar-refractivity contribution in [3.63, 3.8) is 0 Å². The molecule has 0 aliphatic carbocycles. The van der Waals surface area contributed by atoms with Gasteiger partial charge >= 0.3 is 5.97 Å². The van der Waals surface area contributed by atoms with Crippen LogP contribution in [0.3, 0.4) is 0 Å². The summed E-state index contributed by atoms with van der Waals surface area (Å²) < 4.78 is 28.6. The zero-order valence-electron chi connectivity index (χ0n) is 17.2. The van der Waals surface area contributed by atoms with Crippen molar-refractivity contribution in [2.45, 2.75) is 45.3 Å². The van der Waals surface area contributed by atoms with Crippen LogP contribution in [-0.2, 0) is 29.0 Å². The van der Waals surface area contributed by atoms with E-state index in [0.29, 0.717) is 11.3 Å². The molecule has 2 aliphatic heterocycles. The Balaban J connectivity index is 1.64. The molecule has 1 aromatic rings. The molecule has 2 amide bonds. The van der Waals surface area contributed by atoms with E-state index in [9.17, 15) is 27.6 Å². The van der Waals surface area contributed by atoms with Crippen LogP contribution in [0.5, 0.6) is 0 Å². The van der Waals surface area contributed by atoms with Crippen LogP contribution in [0.25, 0.3) is 0 Å². The summed E-state index contributed by atoms with van der Waals surface area (Å²) in [5, 5.41) is 7.66. The lowest BCUT2D eigenvalue weighted by molar-refractivity contribution is -0.147. The number of benzene rings is 1. The molecular formula is C20H23N3O7S. The molecule has 2 aliphatic rings. The lowest BCUT2D eigenvalue weighted by Gasteiger charge is -2.27. The smallest absolute Gasteiger partial charge is 0.355 e. The number of ether oxygens (including phenoxy) is 1. The number of anilines is 1. The Morgan fingerprint density at radius 3 is 2.65 bits per heavy atom. The second-order valence-corrected chi connectivity index (χ2v) is 9.74.